The van der Waals surface area contributed by atoms with Crippen LogP contribution in [0.5, 0.6) is 11.5 Å². The summed E-state index contributed by atoms with van der Waals surface area (Å²) in [6.07, 6.45) is 6.10. The Morgan fingerprint density at radius 2 is 1.69 bits per heavy atom. The number of hydrogen-bond acceptors (Lipinski definition) is 4. The van der Waals surface area contributed by atoms with Crippen molar-refractivity contribution in [3.05, 3.63) is 59.7 Å². The lowest BCUT2D eigenvalue weighted by Gasteiger charge is -2.27. The highest BCUT2D eigenvalue weighted by molar-refractivity contribution is 5.45. The summed E-state index contributed by atoms with van der Waals surface area (Å²) in [7, 11) is 1.71. The molecule has 0 saturated heterocycles. The minimum atomic E-state index is 0.0673. The number of rotatable bonds is 5. The molecule has 2 atom stereocenters. The summed E-state index contributed by atoms with van der Waals surface area (Å²) < 4.78 is 11.8. The molecule has 0 aromatic heterocycles. The molecule has 1 aliphatic carbocycles. The molecular weight excluding hydrogens is 324 g/mol. The van der Waals surface area contributed by atoms with Gasteiger partial charge >= 0.3 is 0 Å². The lowest BCUT2D eigenvalue weighted by atomic mass is 9.84. The van der Waals surface area contributed by atoms with Gasteiger partial charge in [0.1, 0.15) is 6.04 Å². The number of benzene rings is 2. The van der Waals surface area contributed by atoms with E-state index in [1.54, 1.807) is 7.11 Å². The molecule has 2 aromatic carbocycles. The molecule has 1 aliphatic heterocycles. The SMILES string of the molecule is COc1ccc(C2CCN=NC2c2ccccc2)cc1OC1CCCC1. The Morgan fingerprint density at radius 3 is 2.46 bits per heavy atom. The van der Waals surface area contributed by atoms with Crippen molar-refractivity contribution in [2.24, 2.45) is 10.2 Å². The zero-order valence-electron chi connectivity index (χ0n) is 15.3. The second-order valence-corrected chi connectivity index (χ2v) is 7.17. The average molecular weight is 350 g/mol. The van der Waals surface area contributed by atoms with E-state index in [2.05, 4.69) is 46.6 Å². The molecule has 0 N–H and O–H groups in total. The van der Waals surface area contributed by atoms with Crippen molar-refractivity contribution in [1.82, 2.24) is 0 Å². The van der Waals surface area contributed by atoms with E-state index in [-0.39, 0.29) is 6.04 Å². The van der Waals surface area contributed by atoms with Crippen molar-refractivity contribution in [2.75, 3.05) is 13.7 Å². The average Bonchev–Trinajstić information content (AvgIpc) is 3.22. The molecule has 0 spiro atoms. The molecule has 2 aromatic rings. The van der Waals surface area contributed by atoms with E-state index in [0.29, 0.717) is 12.0 Å². The summed E-state index contributed by atoms with van der Waals surface area (Å²) in [5.74, 6) is 1.99. The van der Waals surface area contributed by atoms with Gasteiger partial charge in [-0.1, -0.05) is 36.4 Å². The standard InChI is InChI=1S/C22H26N2O2/c1-25-20-12-11-17(15-21(20)26-18-9-5-6-10-18)19-13-14-23-24-22(19)16-7-3-2-4-8-16/h2-4,7-8,11-12,15,18-19,22H,5-6,9-10,13-14H2,1H3. The van der Waals surface area contributed by atoms with Crippen molar-refractivity contribution in [3.63, 3.8) is 0 Å². The molecule has 2 aliphatic rings. The molecule has 4 nitrogen and oxygen atoms in total. The molecule has 1 heterocycles. The van der Waals surface area contributed by atoms with E-state index in [1.165, 1.54) is 24.0 Å². The van der Waals surface area contributed by atoms with Crippen LogP contribution in [-0.2, 0) is 0 Å². The predicted molar refractivity (Wildman–Crippen MR) is 102 cm³/mol. The van der Waals surface area contributed by atoms with Crippen LogP contribution in [0.25, 0.3) is 0 Å². The minimum absolute atomic E-state index is 0.0673. The van der Waals surface area contributed by atoms with Crippen LogP contribution in [-0.4, -0.2) is 19.8 Å². The third kappa shape index (κ3) is 3.59. The van der Waals surface area contributed by atoms with Crippen LogP contribution in [0.15, 0.2) is 58.8 Å². The van der Waals surface area contributed by atoms with Crippen molar-refractivity contribution in [2.45, 2.75) is 50.2 Å². The molecule has 0 amide bonds. The maximum atomic E-state index is 6.29. The first-order valence-corrected chi connectivity index (χ1v) is 9.61. The fourth-order valence-corrected chi connectivity index (χ4v) is 4.08. The van der Waals surface area contributed by atoms with Crippen molar-refractivity contribution >= 4 is 0 Å². The van der Waals surface area contributed by atoms with Gasteiger partial charge < -0.3 is 9.47 Å². The lowest BCUT2D eigenvalue weighted by Crippen LogP contribution is -2.16. The molecule has 26 heavy (non-hydrogen) atoms. The van der Waals surface area contributed by atoms with Crippen molar-refractivity contribution in [1.29, 1.82) is 0 Å². The van der Waals surface area contributed by atoms with Gasteiger partial charge in [-0.3, -0.25) is 0 Å². The molecule has 4 heteroatoms. The maximum Gasteiger partial charge on any atom is 0.161 e. The number of nitrogens with zero attached hydrogens (tertiary/aromatic N) is 2. The first kappa shape index (κ1) is 17.1. The maximum absolute atomic E-state index is 6.29. The molecule has 2 unspecified atom stereocenters. The van der Waals surface area contributed by atoms with Gasteiger partial charge in [-0.2, -0.15) is 10.2 Å². The predicted octanol–water partition coefficient (Wildman–Crippen LogP) is 5.70. The van der Waals surface area contributed by atoms with Gasteiger partial charge in [0, 0.05) is 5.92 Å². The van der Waals surface area contributed by atoms with Crippen LogP contribution >= 0.6 is 0 Å². The van der Waals surface area contributed by atoms with Gasteiger partial charge in [-0.05, 0) is 55.4 Å². The highest BCUT2D eigenvalue weighted by Gasteiger charge is 2.28. The summed E-state index contributed by atoms with van der Waals surface area (Å²) in [4.78, 5) is 0. The van der Waals surface area contributed by atoms with Crippen LogP contribution in [0.1, 0.15) is 55.2 Å². The van der Waals surface area contributed by atoms with E-state index >= 15 is 0 Å². The monoisotopic (exact) mass is 350 g/mol. The summed E-state index contributed by atoms with van der Waals surface area (Å²) in [5.41, 5.74) is 2.47. The zero-order chi connectivity index (χ0) is 17.8. The summed E-state index contributed by atoms with van der Waals surface area (Å²) in [6.45, 7) is 0.777. The van der Waals surface area contributed by atoms with Crippen molar-refractivity contribution in [3.8, 4) is 11.5 Å². The number of hydrogen-bond donors (Lipinski definition) is 0. The largest absolute Gasteiger partial charge is 0.493 e. The third-order valence-corrected chi connectivity index (χ3v) is 5.48. The Kier molecular flexibility index (Phi) is 5.19. The fraction of sp³-hybridized carbons (Fsp3) is 0.455. The number of ether oxygens (including phenoxy) is 2. The lowest BCUT2D eigenvalue weighted by molar-refractivity contribution is 0.200. The van der Waals surface area contributed by atoms with Gasteiger partial charge in [0.2, 0.25) is 0 Å². The Morgan fingerprint density at radius 1 is 0.885 bits per heavy atom. The zero-order valence-corrected chi connectivity index (χ0v) is 15.3. The smallest absolute Gasteiger partial charge is 0.161 e. The van der Waals surface area contributed by atoms with E-state index in [9.17, 15) is 0 Å². The second-order valence-electron chi connectivity index (χ2n) is 7.17. The summed E-state index contributed by atoms with van der Waals surface area (Å²) >= 11 is 0. The summed E-state index contributed by atoms with van der Waals surface area (Å²) in [6, 6.07) is 16.9. The Balaban J connectivity index is 1.64. The van der Waals surface area contributed by atoms with Crippen LogP contribution in [0.2, 0.25) is 0 Å². The van der Waals surface area contributed by atoms with Crippen LogP contribution in [0.3, 0.4) is 0 Å². The number of azo groups is 1. The second kappa shape index (κ2) is 7.90. The molecule has 0 radical (unpaired) electrons. The molecule has 136 valence electrons. The van der Waals surface area contributed by atoms with E-state index in [0.717, 1.165) is 37.3 Å². The van der Waals surface area contributed by atoms with Gasteiger partial charge in [-0.15, -0.1) is 0 Å². The summed E-state index contributed by atoms with van der Waals surface area (Å²) in [5, 5.41) is 8.91. The molecule has 0 bridgehead atoms. The quantitative estimate of drug-likeness (QED) is 0.694. The topological polar surface area (TPSA) is 43.2 Å². The normalized spacial score (nSPS) is 23.1. The fourth-order valence-electron chi connectivity index (χ4n) is 4.08. The van der Waals surface area contributed by atoms with E-state index in [1.807, 2.05) is 12.1 Å². The van der Waals surface area contributed by atoms with Gasteiger partial charge in [-0.25, -0.2) is 0 Å². The van der Waals surface area contributed by atoms with Gasteiger partial charge in [0.05, 0.1) is 19.8 Å². The van der Waals surface area contributed by atoms with Gasteiger partial charge in [0.15, 0.2) is 11.5 Å². The highest BCUT2D eigenvalue weighted by Crippen LogP contribution is 2.42. The van der Waals surface area contributed by atoms with Crippen LogP contribution in [0.4, 0.5) is 0 Å². The first-order chi connectivity index (χ1) is 12.8. The molecule has 1 fully saturated rings. The first-order valence-electron chi connectivity index (χ1n) is 9.61. The minimum Gasteiger partial charge on any atom is -0.493 e. The molecule has 1 saturated carbocycles. The Labute approximate surface area is 155 Å². The van der Waals surface area contributed by atoms with E-state index in [4.69, 9.17) is 9.47 Å². The molecule has 4 rings (SSSR count). The van der Waals surface area contributed by atoms with Gasteiger partial charge in [0.25, 0.3) is 0 Å². The third-order valence-electron chi connectivity index (χ3n) is 5.48. The van der Waals surface area contributed by atoms with Crippen LogP contribution < -0.4 is 9.47 Å². The Hall–Kier alpha value is -2.36. The van der Waals surface area contributed by atoms with Crippen molar-refractivity contribution < 1.29 is 9.47 Å². The molecular formula is C22H26N2O2. The van der Waals surface area contributed by atoms with Crippen LogP contribution in [0, 0.1) is 0 Å². The highest BCUT2D eigenvalue weighted by atomic mass is 16.5. The Bertz CT molecular complexity index is 754. The van der Waals surface area contributed by atoms with E-state index < -0.39 is 0 Å². The number of methoxy groups -OCH3 is 1.